The fraction of sp³-hybridized carbons (Fsp3) is 0.538. The number of aromatic nitrogens is 1. The van der Waals surface area contributed by atoms with Gasteiger partial charge in [0.05, 0.1) is 23.4 Å². The molecule has 4 rings (SSSR count). The van der Waals surface area contributed by atoms with E-state index in [1.165, 1.54) is 6.07 Å². The zero-order valence-electron chi connectivity index (χ0n) is 21.7. The number of nitrogens with two attached hydrogens (primary N) is 1. The lowest BCUT2D eigenvalue weighted by molar-refractivity contribution is 0.0906. The number of pyridine rings is 1. The Morgan fingerprint density at radius 1 is 1.35 bits per heavy atom. The molecular weight excluding hydrogens is 511 g/mol. The number of benzene rings is 1. The van der Waals surface area contributed by atoms with E-state index in [2.05, 4.69) is 41.1 Å². The number of likely N-dealkylation sites (tertiary alicyclic amines) is 1. The lowest BCUT2D eigenvalue weighted by atomic mass is 9.98. The number of nitrogens with zero attached hydrogens (tertiary/aromatic N) is 2. The van der Waals surface area contributed by atoms with Crippen LogP contribution in [0.25, 0.3) is 0 Å². The minimum Gasteiger partial charge on any atom is -0.381 e. The number of amides is 1. The molecule has 11 heteroatoms. The molecule has 0 radical (unpaired) electrons. The summed E-state index contributed by atoms with van der Waals surface area (Å²) < 4.78 is 21.3. The van der Waals surface area contributed by atoms with Gasteiger partial charge in [-0.05, 0) is 69.7 Å². The van der Waals surface area contributed by atoms with Crippen LogP contribution in [0.1, 0.15) is 60.5 Å². The average molecular weight is 550 g/mol. The van der Waals surface area contributed by atoms with Crippen LogP contribution in [-0.4, -0.2) is 54.8 Å². The summed E-state index contributed by atoms with van der Waals surface area (Å²) in [6.07, 6.45) is 4.11. The predicted octanol–water partition coefficient (Wildman–Crippen LogP) is 2.39. The van der Waals surface area contributed by atoms with Crippen molar-refractivity contribution < 1.29 is 13.9 Å². The zero-order valence-corrected chi connectivity index (χ0v) is 24.0. The Morgan fingerprint density at radius 2 is 2.05 bits per heavy atom. The molecule has 1 aromatic heterocycles. The number of alkyl halides is 1. The van der Waals surface area contributed by atoms with E-state index in [1.54, 1.807) is 35.9 Å². The monoisotopic (exact) mass is 549 g/mol. The second kappa shape index (κ2) is 11.1. The summed E-state index contributed by atoms with van der Waals surface area (Å²) in [7, 11) is 6.76. The summed E-state index contributed by atoms with van der Waals surface area (Å²) >= 11 is 0. The Morgan fingerprint density at radius 3 is 2.68 bits per heavy atom. The summed E-state index contributed by atoms with van der Waals surface area (Å²) in [4.78, 5) is 29.3. The molecule has 2 aromatic rings. The number of hydrogen-bond acceptors (Lipinski definition) is 6. The lowest BCUT2D eigenvalue weighted by Gasteiger charge is -2.33. The van der Waals surface area contributed by atoms with Crippen molar-refractivity contribution in [1.29, 1.82) is 0 Å². The van der Waals surface area contributed by atoms with E-state index in [4.69, 9.17) is 10.5 Å². The molecule has 2 saturated heterocycles. The Kier molecular flexibility index (Phi) is 8.42. The van der Waals surface area contributed by atoms with E-state index >= 15 is 0 Å². The molecule has 1 aromatic carbocycles. The number of nitrogens with one attached hydrogen (secondary N) is 2. The van der Waals surface area contributed by atoms with Gasteiger partial charge in [-0.1, -0.05) is 27.4 Å². The lowest BCUT2D eigenvalue weighted by Crippen LogP contribution is -2.53. The molecule has 2 aliphatic rings. The summed E-state index contributed by atoms with van der Waals surface area (Å²) in [6, 6.07) is 6.83. The Hall–Kier alpha value is -1.89. The van der Waals surface area contributed by atoms with Gasteiger partial charge in [0.1, 0.15) is 11.6 Å². The highest BCUT2D eigenvalue weighted by atomic mass is 31.0. The molecule has 2 aliphatic heterocycles. The number of anilines is 1. The van der Waals surface area contributed by atoms with Crippen LogP contribution in [0, 0.1) is 0 Å². The molecule has 202 valence electrons. The van der Waals surface area contributed by atoms with Crippen LogP contribution >= 0.6 is 18.5 Å². The fourth-order valence-electron chi connectivity index (χ4n) is 5.12. The second-order valence-electron chi connectivity index (χ2n) is 10.7. The standard InChI is InChI=1S/C26H38FN5O3P2/c1-25(9-12-35-15-25)32-14-18(20(13-21(32)33)29-16-7-10-31(3)11-8-16)24(34)30-26(2,28)19-6-4-5-17(22(19)36)23(27)37/h4-6,13-14,16,23,29H,7-12,15,28,36-37H2,1-3H3,(H,30,34)/t23?,25-,26-/m0/s1. The van der Waals surface area contributed by atoms with Gasteiger partial charge in [-0.3, -0.25) is 9.59 Å². The van der Waals surface area contributed by atoms with Crippen molar-refractivity contribution in [3.8, 4) is 0 Å². The molecule has 8 nitrogen and oxygen atoms in total. The quantitative estimate of drug-likeness (QED) is 0.362. The maximum absolute atomic E-state index is 14.1. The smallest absolute Gasteiger partial charge is 0.256 e. The average Bonchev–Trinajstić information content (AvgIpc) is 3.27. The first-order chi connectivity index (χ1) is 17.4. The van der Waals surface area contributed by atoms with Gasteiger partial charge in [0.2, 0.25) is 0 Å². The van der Waals surface area contributed by atoms with Gasteiger partial charge in [0.25, 0.3) is 11.5 Å². The molecule has 1 amide bonds. The molecule has 0 spiro atoms. The molecular formula is C26H38FN5O3P2. The molecule has 3 unspecified atom stereocenters. The van der Waals surface area contributed by atoms with Crippen LogP contribution in [0.4, 0.5) is 10.1 Å². The van der Waals surface area contributed by atoms with Crippen LogP contribution in [0.3, 0.4) is 0 Å². The Labute approximate surface area is 222 Å². The first kappa shape index (κ1) is 28.1. The summed E-state index contributed by atoms with van der Waals surface area (Å²) in [5.74, 6) is -1.68. The Bertz CT molecular complexity index is 1210. The van der Waals surface area contributed by atoms with E-state index in [1.807, 2.05) is 6.92 Å². The molecule has 0 bridgehead atoms. The van der Waals surface area contributed by atoms with Gasteiger partial charge < -0.3 is 30.6 Å². The van der Waals surface area contributed by atoms with Crippen molar-refractivity contribution in [2.45, 2.75) is 56.3 Å². The van der Waals surface area contributed by atoms with Gasteiger partial charge in [0, 0.05) is 24.9 Å². The number of halogens is 1. The highest BCUT2D eigenvalue weighted by Crippen LogP contribution is 2.29. The maximum atomic E-state index is 14.1. The van der Waals surface area contributed by atoms with Crippen molar-refractivity contribution in [2.75, 3.05) is 38.7 Å². The highest BCUT2D eigenvalue weighted by molar-refractivity contribution is 7.28. The van der Waals surface area contributed by atoms with Gasteiger partial charge >= 0.3 is 0 Å². The topological polar surface area (TPSA) is 102 Å². The van der Waals surface area contributed by atoms with Crippen molar-refractivity contribution in [1.82, 2.24) is 14.8 Å². The summed E-state index contributed by atoms with van der Waals surface area (Å²) in [6.45, 7) is 6.46. The fourth-order valence-corrected chi connectivity index (χ4v) is 6.26. The van der Waals surface area contributed by atoms with Crippen LogP contribution in [0.5, 0.6) is 0 Å². The van der Waals surface area contributed by atoms with Gasteiger partial charge in [0.15, 0.2) is 0 Å². The van der Waals surface area contributed by atoms with Crippen LogP contribution < -0.4 is 27.2 Å². The number of piperidine rings is 1. The van der Waals surface area contributed by atoms with E-state index in [0.717, 1.165) is 25.9 Å². The second-order valence-corrected chi connectivity index (χ2v) is 11.9. The van der Waals surface area contributed by atoms with E-state index in [0.29, 0.717) is 47.3 Å². The minimum atomic E-state index is -1.30. The third-order valence-corrected chi connectivity index (χ3v) is 8.53. The first-order valence-corrected chi connectivity index (χ1v) is 13.9. The highest BCUT2D eigenvalue weighted by Gasteiger charge is 2.35. The number of ether oxygens (including phenoxy) is 1. The van der Waals surface area contributed by atoms with E-state index in [-0.39, 0.29) is 11.6 Å². The predicted molar refractivity (Wildman–Crippen MR) is 152 cm³/mol. The van der Waals surface area contributed by atoms with Crippen molar-refractivity contribution in [2.24, 2.45) is 5.73 Å². The maximum Gasteiger partial charge on any atom is 0.256 e. The summed E-state index contributed by atoms with van der Waals surface area (Å²) in [5, 5.41) is 6.98. The number of rotatable bonds is 7. The molecule has 4 N–H and O–H groups in total. The summed E-state index contributed by atoms with van der Waals surface area (Å²) in [5.41, 5.74) is 6.46. The number of carbonyl (C=O) groups is 1. The first-order valence-electron chi connectivity index (χ1n) is 12.6. The third-order valence-electron chi connectivity index (χ3n) is 7.53. The van der Waals surface area contributed by atoms with Crippen molar-refractivity contribution in [3.05, 3.63) is 57.5 Å². The molecule has 0 aliphatic carbocycles. The van der Waals surface area contributed by atoms with Gasteiger partial charge in [-0.2, -0.15) is 0 Å². The SMILES string of the molecule is CN1CCC(Nc2cc(=O)n([C@@]3(C)CCOC3)cc2C(=O)N[C@](C)(N)c2cccc(C(F)P)c2P)CC1. The Balaban J connectivity index is 1.70. The third kappa shape index (κ3) is 6.07. The van der Waals surface area contributed by atoms with Gasteiger partial charge in [-0.15, -0.1) is 9.24 Å². The van der Waals surface area contributed by atoms with Crippen LogP contribution in [-0.2, 0) is 15.9 Å². The molecule has 3 heterocycles. The number of carbonyl (C=O) groups excluding carboxylic acids is 1. The molecule has 37 heavy (non-hydrogen) atoms. The van der Waals surface area contributed by atoms with Crippen LogP contribution in [0.15, 0.2) is 35.3 Å². The van der Waals surface area contributed by atoms with Crippen molar-refractivity contribution >= 4 is 35.4 Å². The molecule has 5 atom stereocenters. The zero-order chi connectivity index (χ0) is 27.0. The molecule has 0 saturated carbocycles. The van der Waals surface area contributed by atoms with E-state index < -0.39 is 23.0 Å². The van der Waals surface area contributed by atoms with Crippen molar-refractivity contribution in [3.63, 3.8) is 0 Å². The number of hydrogen-bond donors (Lipinski definition) is 3. The van der Waals surface area contributed by atoms with Gasteiger partial charge in [-0.25, -0.2) is 4.39 Å². The normalized spacial score (nSPS) is 23.4. The van der Waals surface area contributed by atoms with Crippen LogP contribution in [0.2, 0.25) is 0 Å². The molecule has 2 fully saturated rings. The largest absolute Gasteiger partial charge is 0.381 e. The van der Waals surface area contributed by atoms with E-state index in [9.17, 15) is 14.0 Å². The minimum absolute atomic E-state index is 0.145.